The Hall–Kier alpha value is -4.26. The molecular formula is C28H21F2N3O2. The Morgan fingerprint density at radius 3 is 1.80 bits per heavy atom. The standard InChI is InChI=1S/C14H11FN2O.C14H10FNO/c15-12-5-1-3-10-9(12)6-7-13-11(14(10)17-18)4-2-8-16-13;15-12-5-1-3-10-9(12)6-7-13-11(14(10)17)4-2-8-16-13/h1-5,8,18H,6-7H2;1-5,8H,6-7H2. The van der Waals surface area contributed by atoms with Crippen molar-refractivity contribution in [2.75, 3.05) is 0 Å². The Balaban J connectivity index is 0.000000145. The van der Waals surface area contributed by atoms with Crippen LogP contribution in [-0.2, 0) is 25.7 Å². The maximum Gasteiger partial charge on any atom is 0.195 e. The van der Waals surface area contributed by atoms with Crippen molar-refractivity contribution in [1.82, 2.24) is 9.97 Å². The molecule has 35 heavy (non-hydrogen) atoms. The SMILES string of the molecule is O=C1c2cccnc2CCc2c(F)cccc21.ON=C1c2cccnc2CCc2c(F)cccc21. The lowest BCUT2D eigenvalue weighted by molar-refractivity contribution is 0.103. The summed E-state index contributed by atoms with van der Waals surface area (Å²) in [4.78, 5) is 20.7. The maximum atomic E-state index is 13.8. The molecule has 0 radical (unpaired) electrons. The number of hydrogen-bond donors (Lipinski definition) is 1. The van der Waals surface area contributed by atoms with Crippen molar-refractivity contribution in [2.45, 2.75) is 25.7 Å². The average Bonchev–Trinajstić information content (AvgIpc) is 3.14. The number of hydrogen-bond acceptors (Lipinski definition) is 5. The lowest BCUT2D eigenvalue weighted by Crippen LogP contribution is -2.07. The third-order valence-corrected chi connectivity index (χ3v) is 6.34. The van der Waals surface area contributed by atoms with Crippen molar-refractivity contribution in [3.05, 3.63) is 129 Å². The van der Waals surface area contributed by atoms with E-state index in [0.29, 0.717) is 59.2 Å². The summed E-state index contributed by atoms with van der Waals surface area (Å²) in [5, 5.41) is 12.6. The van der Waals surface area contributed by atoms with Crippen LogP contribution in [0.1, 0.15) is 49.6 Å². The minimum atomic E-state index is -0.302. The molecule has 2 aromatic heterocycles. The molecule has 0 saturated carbocycles. The van der Waals surface area contributed by atoms with Crippen LogP contribution >= 0.6 is 0 Å². The molecule has 0 spiro atoms. The molecule has 2 aromatic carbocycles. The Morgan fingerprint density at radius 1 is 0.657 bits per heavy atom. The van der Waals surface area contributed by atoms with Crippen molar-refractivity contribution in [2.24, 2.45) is 5.16 Å². The van der Waals surface area contributed by atoms with E-state index in [9.17, 15) is 18.8 Å². The summed E-state index contributed by atoms with van der Waals surface area (Å²) < 4.78 is 27.5. The van der Waals surface area contributed by atoms with Crippen molar-refractivity contribution >= 4 is 11.5 Å². The summed E-state index contributed by atoms with van der Waals surface area (Å²) >= 11 is 0. The van der Waals surface area contributed by atoms with Crippen LogP contribution in [-0.4, -0.2) is 26.7 Å². The number of nitrogens with zero attached hydrogens (tertiary/aromatic N) is 3. The predicted molar refractivity (Wildman–Crippen MR) is 127 cm³/mol. The second-order valence-electron chi connectivity index (χ2n) is 8.30. The highest BCUT2D eigenvalue weighted by molar-refractivity contribution is 6.14. The quantitative estimate of drug-likeness (QED) is 0.287. The van der Waals surface area contributed by atoms with Gasteiger partial charge in [-0.3, -0.25) is 14.8 Å². The van der Waals surface area contributed by atoms with Crippen LogP contribution in [0.5, 0.6) is 0 Å². The van der Waals surface area contributed by atoms with Gasteiger partial charge in [0.05, 0.1) is 11.4 Å². The van der Waals surface area contributed by atoms with Crippen LogP contribution in [0.4, 0.5) is 8.78 Å². The van der Waals surface area contributed by atoms with Crippen LogP contribution < -0.4 is 0 Å². The first kappa shape index (κ1) is 22.5. The van der Waals surface area contributed by atoms with Crippen molar-refractivity contribution < 1.29 is 18.8 Å². The number of ketones is 1. The molecule has 0 aliphatic heterocycles. The van der Waals surface area contributed by atoms with Gasteiger partial charge in [0.1, 0.15) is 17.3 Å². The number of carbonyl (C=O) groups excluding carboxylic acids is 1. The lowest BCUT2D eigenvalue weighted by atomic mass is 9.99. The topological polar surface area (TPSA) is 75.4 Å². The highest BCUT2D eigenvalue weighted by atomic mass is 19.1. The van der Waals surface area contributed by atoms with Crippen LogP contribution in [0.3, 0.4) is 0 Å². The fourth-order valence-corrected chi connectivity index (χ4v) is 4.64. The van der Waals surface area contributed by atoms with Gasteiger partial charge in [0.2, 0.25) is 0 Å². The van der Waals surface area contributed by atoms with Gasteiger partial charge >= 0.3 is 0 Å². The number of fused-ring (bicyclic) bond motifs is 4. The van der Waals surface area contributed by atoms with Gasteiger partial charge in [-0.25, -0.2) is 8.78 Å². The molecule has 4 aromatic rings. The molecule has 0 fully saturated rings. The highest BCUT2D eigenvalue weighted by Gasteiger charge is 2.24. The first-order valence-electron chi connectivity index (χ1n) is 11.3. The third-order valence-electron chi connectivity index (χ3n) is 6.34. The van der Waals surface area contributed by atoms with Gasteiger partial charge in [0, 0.05) is 34.6 Å². The van der Waals surface area contributed by atoms with Gasteiger partial charge in [0.25, 0.3) is 0 Å². The first-order chi connectivity index (χ1) is 17.1. The zero-order valence-corrected chi connectivity index (χ0v) is 18.7. The van der Waals surface area contributed by atoms with Gasteiger partial charge in [-0.1, -0.05) is 29.4 Å². The molecule has 0 unspecified atom stereocenters. The van der Waals surface area contributed by atoms with E-state index in [1.165, 1.54) is 12.1 Å². The number of oxime groups is 1. The van der Waals surface area contributed by atoms with Crippen LogP contribution in [0.15, 0.2) is 78.2 Å². The summed E-state index contributed by atoms with van der Waals surface area (Å²) in [5.41, 5.74) is 5.56. The molecule has 174 valence electrons. The predicted octanol–water partition coefficient (Wildman–Crippen LogP) is 5.10. The molecule has 0 amide bonds. The maximum absolute atomic E-state index is 13.8. The number of aromatic nitrogens is 2. The minimum absolute atomic E-state index is 0.125. The summed E-state index contributed by atoms with van der Waals surface area (Å²) in [6.45, 7) is 0. The monoisotopic (exact) mass is 469 g/mol. The number of aryl methyl sites for hydroxylation is 2. The van der Waals surface area contributed by atoms with E-state index in [-0.39, 0.29) is 17.4 Å². The molecule has 2 aliphatic rings. The van der Waals surface area contributed by atoms with Crippen molar-refractivity contribution in [3.8, 4) is 0 Å². The van der Waals surface area contributed by atoms with E-state index in [1.54, 1.807) is 54.9 Å². The Morgan fingerprint density at radius 2 is 1.17 bits per heavy atom. The van der Waals surface area contributed by atoms with E-state index >= 15 is 0 Å². The van der Waals surface area contributed by atoms with E-state index < -0.39 is 0 Å². The first-order valence-corrected chi connectivity index (χ1v) is 11.3. The van der Waals surface area contributed by atoms with Gasteiger partial charge in [0.15, 0.2) is 5.78 Å². The summed E-state index contributed by atoms with van der Waals surface area (Å²) in [5.74, 6) is -0.690. The second kappa shape index (κ2) is 9.54. The average molecular weight is 469 g/mol. The number of carbonyl (C=O) groups is 1. The molecule has 0 saturated heterocycles. The zero-order chi connectivity index (χ0) is 24.4. The molecule has 1 N–H and O–H groups in total. The van der Waals surface area contributed by atoms with E-state index in [0.717, 1.165) is 17.0 Å². The number of halogens is 2. The second-order valence-corrected chi connectivity index (χ2v) is 8.30. The summed E-state index contributed by atoms with van der Waals surface area (Å²) in [7, 11) is 0. The number of rotatable bonds is 0. The van der Waals surface area contributed by atoms with Crippen molar-refractivity contribution in [1.29, 1.82) is 0 Å². The smallest absolute Gasteiger partial charge is 0.195 e. The van der Waals surface area contributed by atoms with Gasteiger partial charge in [-0.05, 0) is 73.2 Å². The summed E-state index contributed by atoms with van der Waals surface area (Å²) in [6.07, 6.45) is 5.69. The fraction of sp³-hybridized carbons (Fsp3) is 0.143. The van der Waals surface area contributed by atoms with Gasteiger partial charge in [-0.2, -0.15) is 0 Å². The minimum Gasteiger partial charge on any atom is -0.410 e. The van der Waals surface area contributed by atoms with Gasteiger partial charge < -0.3 is 5.21 Å². The van der Waals surface area contributed by atoms with Crippen LogP contribution in [0.25, 0.3) is 0 Å². The Kier molecular flexibility index (Phi) is 6.14. The number of pyridine rings is 2. The Bertz CT molecular complexity index is 1470. The fourth-order valence-electron chi connectivity index (χ4n) is 4.64. The van der Waals surface area contributed by atoms with Gasteiger partial charge in [-0.15, -0.1) is 0 Å². The third kappa shape index (κ3) is 4.21. The molecule has 5 nitrogen and oxygen atoms in total. The Labute approximate surface area is 200 Å². The molecule has 6 rings (SSSR count). The molecule has 2 heterocycles. The number of benzene rings is 2. The van der Waals surface area contributed by atoms with E-state index in [4.69, 9.17) is 0 Å². The van der Waals surface area contributed by atoms with E-state index in [1.807, 2.05) is 6.07 Å². The van der Waals surface area contributed by atoms with Crippen LogP contribution in [0.2, 0.25) is 0 Å². The molecule has 7 heteroatoms. The zero-order valence-electron chi connectivity index (χ0n) is 18.7. The molecular weight excluding hydrogens is 448 g/mol. The van der Waals surface area contributed by atoms with E-state index in [2.05, 4.69) is 15.1 Å². The molecule has 0 atom stereocenters. The van der Waals surface area contributed by atoms with Crippen molar-refractivity contribution in [3.63, 3.8) is 0 Å². The lowest BCUT2D eigenvalue weighted by Gasteiger charge is -2.08. The van der Waals surface area contributed by atoms with Crippen LogP contribution in [0, 0.1) is 11.6 Å². The molecule has 0 bridgehead atoms. The normalized spacial score (nSPS) is 14.9. The summed E-state index contributed by atoms with van der Waals surface area (Å²) in [6, 6.07) is 16.6. The largest absolute Gasteiger partial charge is 0.410 e. The highest BCUT2D eigenvalue weighted by Crippen LogP contribution is 2.26. The molecule has 2 aliphatic carbocycles.